The smallest absolute Gasteiger partial charge is 0.0313 e. The largest absolute Gasteiger partial charge is 0.305 e. The molecule has 1 aromatic rings. The summed E-state index contributed by atoms with van der Waals surface area (Å²) in [7, 11) is 0. The van der Waals surface area contributed by atoms with Crippen molar-refractivity contribution in [3.63, 3.8) is 0 Å². The van der Waals surface area contributed by atoms with E-state index in [1.165, 1.54) is 16.7 Å². The van der Waals surface area contributed by atoms with Crippen LogP contribution in [0.4, 0.5) is 0 Å². The Labute approximate surface area is 97.1 Å². The summed E-state index contributed by atoms with van der Waals surface area (Å²) in [6, 6.07) is 6.87. The maximum Gasteiger partial charge on any atom is 0.0313 e. The van der Waals surface area contributed by atoms with E-state index in [-0.39, 0.29) is 0 Å². The van der Waals surface area contributed by atoms with Gasteiger partial charge in [-0.3, -0.25) is 0 Å². The molecule has 0 heterocycles. The molecule has 1 rings (SSSR count). The second-order valence-corrected chi connectivity index (χ2v) is 4.58. The molecule has 1 aromatic carbocycles. The lowest BCUT2D eigenvalue weighted by molar-refractivity contribution is 0.614. The first-order chi connectivity index (χ1) is 6.99. The second-order valence-electron chi connectivity index (χ2n) is 4.04. The zero-order valence-corrected chi connectivity index (χ0v) is 10.4. The maximum atomic E-state index is 5.71. The minimum absolute atomic E-state index is 0.305. The van der Waals surface area contributed by atoms with Crippen molar-refractivity contribution in [1.29, 1.82) is 0 Å². The summed E-state index contributed by atoms with van der Waals surface area (Å²) in [5.74, 6) is 0. The van der Waals surface area contributed by atoms with Crippen LogP contribution in [-0.2, 0) is 0 Å². The highest BCUT2D eigenvalue weighted by Gasteiger charge is 2.05. The van der Waals surface area contributed by atoms with Gasteiger partial charge in [0.1, 0.15) is 0 Å². The summed E-state index contributed by atoms with van der Waals surface area (Å²) in [5.41, 5.74) is 3.89. The minimum atomic E-state index is 0.305. The Morgan fingerprint density at radius 2 is 1.87 bits per heavy atom. The fourth-order valence-corrected chi connectivity index (χ4v) is 1.72. The number of halogens is 1. The molecule has 0 aliphatic rings. The molecule has 0 saturated heterocycles. The lowest BCUT2D eigenvalue weighted by Crippen LogP contribution is -2.19. The molecule has 0 amide bonds. The molecule has 0 fully saturated rings. The SMILES string of the molecule is C=C(Cl)CNC(C)c1cc(C)cc(C)c1. The molecule has 0 aliphatic carbocycles. The van der Waals surface area contributed by atoms with Crippen LogP contribution in [0.25, 0.3) is 0 Å². The average molecular weight is 224 g/mol. The van der Waals surface area contributed by atoms with Crippen LogP contribution >= 0.6 is 11.6 Å². The fourth-order valence-electron chi connectivity index (χ4n) is 1.64. The third kappa shape index (κ3) is 4.06. The highest BCUT2D eigenvalue weighted by Crippen LogP contribution is 2.16. The van der Waals surface area contributed by atoms with E-state index >= 15 is 0 Å². The first-order valence-corrected chi connectivity index (χ1v) is 5.51. The van der Waals surface area contributed by atoms with E-state index in [4.69, 9.17) is 11.6 Å². The number of hydrogen-bond donors (Lipinski definition) is 1. The van der Waals surface area contributed by atoms with E-state index in [9.17, 15) is 0 Å². The second kappa shape index (κ2) is 5.34. The van der Waals surface area contributed by atoms with Gasteiger partial charge in [0.2, 0.25) is 0 Å². The Balaban J connectivity index is 2.72. The first-order valence-electron chi connectivity index (χ1n) is 5.14. The monoisotopic (exact) mass is 223 g/mol. The number of benzene rings is 1. The lowest BCUT2D eigenvalue weighted by atomic mass is 10.0. The highest BCUT2D eigenvalue weighted by molar-refractivity contribution is 6.29. The van der Waals surface area contributed by atoms with Crippen LogP contribution in [0.3, 0.4) is 0 Å². The average Bonchev–Trinajstić information content (AvgIpc) is 2.12. The van der Waals surface area contributed by atoms with E-state index < -0.39 is 0 Å². The van der Waals surface area contributed by atoms with E-state index in [0.29, 0.717) is 17.6 Å². The molecular formula is C13H18ClN. The molecule has 0 radical (unpaired) electrons. The Kier molecular flexibility index (Phi) is 4.37. The number of aryl methyl sites for hydroxylation is 2. The minimum Gasteiger partial charge on any atom is -0.305 e. The van der Waals surface area contributed by atoms with Gasteiger partial charge in [-0.05, 0) is 26.3 Å². The van der Waals surface area contributed by atoms with Gasteiger partial charge in [-0.1, -0.05) is 47.5 Å². The number of rotatable bonds is 4. The predicted molar refractivity (Wildman–Crippen MR) is 67.3 cm³/mol. The summed E-state index contributed by atoms with van der Waals surface area (Å²) in [6.07, 6.45) is 0. The third-order valence-corrected chi connectivity index (χ3v) is 2.48. The quantitative estimate of drug-likeness (QED) is 0.821. The van der Waals surface area contributed by atoms with Gasteiger partial charge in [0.05, 0.1) is 0 Å². The van der Waals surface area contributed by atoms with Gasteiger partial charge in [-0.25, -0.2) is 0 Å². The molecule has 15 heavy (non-hydrogen) atoms. The zero-order valence-electron chi connectivity index (χ0n) is 9.60. The summed E-state index contributed by atoms with van der Waals surface area (Å²) < 4.78 is 0. The van der Waals surface area contributed by atoms with Gasteiger partial charge < -0.3 is 5.32 Å². The van der Waals surface area contributed by atoms with Crippen molar-refractivity contribution in [2.75, 3.05) is 6.54 Å². The van der Waals surface area contributed by atoms with E-state index in [2.05, 4.69) is 50.9 Å². The Morgan fingerprint density at radius 3 is 2.33 bits per heavy atom. The van der Waals surface area contributed by atoms with Crippen LogP contribution < -0.4 is 5.32 Å². The van der Waals surface area contributed by atoms with Gasteiger partial charge in [0.15, 0.2) is 0 Å². The normalized spacial score (nSPS) is 12.5. The standard InChI is InChI=1S/C13H18ClN/c1-9-5-10(2)7-13(6-9)12(4)15-8-11(3)14/h5-7,12,15H,3,8H2,1-2,4H3. The first kappa shape index (κ1) is 12.3. The summed E-state index contributed by atoms with van der Waals surface area (Å²) in [4.78, 5) is 0. The van der Waals surface area contributed by atoms with Crippen molar-refractivity contribution in [1.82, 2.24) is 5.32 Å². The molecule has 0 spiro atoms. The third-order valence-electron chi connectivity index (χ3n) is 2.34. The van der Waals surface area contributed by atoms with Gasteiger partial charge >= 0.3 is 0 Å². The van der Waals surface area contributed by atoms with Crippen LogP contribution in [0.15, 0.2) is 29.8 Å². The van der Waals surface area contributed by atoms with Crippen molar-refractivity contribution in [2.24, 2.45) is 0 Å². The molecule has 1 unspecified atom stereocenters. The van der Waals surface area contributed by atoms with Gasteiger partial charge in [-0.2, -0.15) is 0 Å². The Hall–Kier alpha value is -0.790. The van der Waals surface area contributed by atoms with Gasteiger partial charge in [0.25, 0.3) is 0 Å². The van der Waals surface area contributed by atoms with Gasteiger partial charge in [0, 0.05) is 17.6 Å². The molecule has 0 aromatic heterocycles. The van der Waals surface area contributed by atoms with Crippen molar-refractivity contribution in [2.45, 2.75) is 26.8 Å². The molecule has 0 bridgehead atoms. The van der Waals surface area contributed by atoms with Crippen molar-refractivity contribution in [3.05, 3.63) is 46.5 Å². The molecule has 0 aliphatic heterocycles. The van der Waals surface area contributed by atoms with E-state index in [0.717, 1.165) is 0 Å². The summed E-state index contributed by atoms with van der Waals surface area (Å²) in [6.45, 7) is 10.7. The fraction of sp³-hybridized carbons (Fsp3) is 0.385. The van der Waals surface area contributed by atoms with Crippen molar-refractivity contribution in [3.8, 4) is 0 Å². The zero-order chi connectivity index (χ0) is 11.4. The van der Waals surface area contributed by atoms with Crippen molar-refractivity contribution < 1.29 is 0 Å². The van der Waals surface area contributed by atoms with Crippen LogP contribution in [0.1, 0.15) is 29.7 Å². The number of hydrogen-bond acceptors (Lipinski definition) is 1. The lowest BCUT2D eigenvalue weighted by Gasteiger charge is -2.15. The van der Waals surface area contributed by atoms with Crippen LogP contribution in [0, 0.1) is 13.8 Å². The summed E-state index contributed by atoms with van der Waals surface area (Å²) in [5, 5.41) is 3.97. The molecule has 1 atom stereocenters. The molecular weight excluding hydrogens is 206 g/mol. The van der Waals surface area contributed by atoms with E-state index in [1.54, 1.807) is 0 Å². The molecule has 2 heteroatoms. The van der Waals surface area contributed by atoms with E-state index in [1.807, 2.05) is 0 Å². The Morgan fingerprint density at radius 1 is 1.33 bits per heavy atom. The van der Waals surface area contributed by atoms with Gasteiger partial charge in [-0.15, -0.1) is 0 Å². The maximum absolute atomic E-state index is 5.71. The topological polar surface area (TPSA) is 12.0 Å². The Bertz CT molecular complexity index is 337. The predicted octanol–water partition coefficient (Wildman–Crippen LogP) is 3.71. The van der Waals surface area contributed by atoms with Crippen LogP contribution in [0.5, 0.6) is 0 Å². The van der Waals surface area contributed by atoms with Crippen molar-refractivity contribution >= 4 is 11.6 Å². The molecule has 82 valence electrons. The number of nitrogens with one attached hydrogen (secondary N) is 1. The van der Waals surface area contributed by atoms with Crippen LogP contribution in [0.2, 0.25) is 0 Å². The molecule has 1 N–H and O–H groups in total. The molecule has 0 saturated carbocycles. The summed E-state index contributed by atoms with van der Waals surface area (Å²) >= 11 is 5.71. The molecule has 1 nitrogen and oxygen atoms in total. The highest BCUT2D eigenvalue weighted by atomic mass is 35.5. The van der Waals surface area contributed by atoms with Crippen LogP contribution in [-0.4, -0.2) is 6.54 Å².